The van der Waals surface area contributed by atoms with E-state index >= 15 is 0 Å². The number of rotatable bonds is 2. The Bertz CT molecular complexity index is 592. The van der Waals surface area contributed by atoms with Crippen LogP contribution >= 0.6 is 0 Å². The normalized spacial score (nSPS) is 11.8. The molecule has 8 heteroatoms. The van der Waals surface area contributed by atoms with Crippen molar-refractivity contribution in [1.29, 1.82) is 0 Å². The summed E-state index contributed by atoms with van der Waals surface area (Å²) in [5.41, 5.74) is -1.43. The van der Waals surface area contributed by atoms with E-state index in [2.05, 4.69) is 10.2 Å². The van der Waals surface area contributed by atoms with Gasteiger partial charge in [0, 0.05) is 0 Å². The Kier molecular flexibility index (Phi) is 2.93. The zero-order valence-electron chi connectivity index (χ0n) is 9.23. The molecule has 0 saturated heterocycles. The lowest BCUT2D eigenvalue weighted by molar-refractivity contribution is -0.136. The van der Waals surface area contributed by atoms with Gasteiger partial charge in [0.25, 0.3) is 0 Å². The molecule has 0 N–H and O–H groups in total. The van der Waals surface area contributed by atoms with Crippen molar-refractivity contribution in [3.8, 4) is 0 Å². The van der Waals surface area contributed by atoms with Crippen LogP contribution in [0.15, 0.2) is 18.5 Å². The Balaban J connectivity index is 2.61. The van der Waals surface area contributed by atoms with E-state index in [1.807, 2.05) is 0 Å². The predicted octanol–water partition coefficient (Wildman–Crippen LogP) is 1.92. The number of esters is 1. The first kappa shape index (κ1) is 12.3. The van der Waals surface area contributed by atoms with E-state index in [1.165, 1.54) is 0 Å². The van der Waals surface area contributed by atoms with E-state index < -0.39 is 23.4 Å². The molecule has 0 aromatic carbocycles. The smallest absolute Gasteiger partial charge is 0.420 e. The van der Waals surface area contributed by atoms with Crippen molar-refractivity contribution in [2.24, 2.45) is 0 Å². The van der Waals surface area contributed by atoms with Crippen LogP contribution in [0.2, 0.25) is 0 Å². The summed E-state index contributed by atoms with van der Waals surface area (Å²) in [6.45, 7) is 1.73. The number of carbonyl (C=O) groups is 1. The van der Waals surface area contributed by atoms with Crippen molar-refractivity contribution in [3.05, 3.63) is 29.7 Å². The number of aromatic nitrogens is 3. The van der Waals surface area contributed by atoms with Gasteiger partial charge in [0.15, 0.2) is 5.65 Å². The SMILES string of the molecule is CCOC(=O)c1ccc(C(F)(F)F)c2nncn12. The number of nitrogens with zero attached hydrogens (tertiary/aromatic N) is 3. The molecule has 0 amide bonds. The van der Waals surface area contributed by atoms with Gasteiger partial charge in [-0.25, -0.2) is 4.79 Å². The second-order valence-corrected chi connectivity index (χ2v) is 3.38. The molecule has 0 radical (unpaired) electrons. The second-order valence-electron chi connectivity index (χ2n) is 3.38. The summed E-state index contributed by atoms with van der Waals surface area (Å²) in [4.78, 5) is 11.5. The van der Waals surface area contributed by atoms with Crippen molar-refractivity contribution < 1.29 is 22.7 Å². The molecule has 0 aliphatic rings. The number of carbonyl (C=O) groups excluding carboxylic acids is 1. The fourth-order valence-electron chi connectivity index (χ4n) is 1.50. The summed E-state index contributed by atoms with van der Waals surface area (Å²) in [5.74, 6) is -0.726. The summed E-state index contributed by atoms with van der Waals surface area (Å²) in [6, 6.07) is 1.83. The molecule has 5 nitrogen and oxygen atoms in total. The van der Waals surface area contributed by atoms with Crippen LogP contribution in [0, 0.1) is 0 Å². The van der Waals surface area contributed by atoms with Gasteiger partial charge in [-0.15, -0.1) is 10.2 Å². The highest BCUT2D eigenvalue weighted by molar-refractivity contribution is 5.88. The fourth-order valence-corrected chi connectivity index (χ4v) is 1.50. The Hall–Kier alpha value is -2.12. The third-order valence-corrected chi connectivity index (χ3v) is 2.25. The monoisotopic (exact) mass is 259 g/mol. The first-order chi connectivity index (χ1) is 8.45. The Morgan fingerprint density at radius 2 is 2.17 bits per heavy atom. The molecule has 0 bridgehead atoms. The number of ether oxygens (including phenoxy) is 1. The molecule has 2 heterocycles. The molecule has 0 atom stereocenters. The van der Waals surface area contributed by atoms with Crippen molar-refractivity contribution in [3.63, 3.8) is 0 Å². The van der Waals surface area contributed by atoms with Crippen LogP contribution in [0.4, 0.5) is 13.2 Å². The lowest BCUT2D eigenvalue weighted by Gasteiger charge is -2.10. The van der Waals surface area contributed by atoms with Gasteiger partial charge < -0.3 is 4.74 Å². The maximum atomic E-state index is 12.7. The van der Waals surface area contributed by atoms with Gasteiger partial charge in [-0.05, 0) is 19.1 Å². The molecule has 0 aliphatic heterocycles. The molecule has 0 spiro atoms. The standard InChI is InChI=1S/C10H8F3N3O2/c1-2-18-9(17)7-4-3-6(10(11,12)13)8-15-14-5-16(7)8/h3-5H,2H2,1H3. The Morgan fingerprint density at radius 1 is 1.44 bits per heavy atom. The summed E-state index contributed by atoms with van der Waals surface area (Å²) in [5, 5.41) is 6.76. The molecule has 2 rings (SSSR count). The molecular weight excluding hydrogens is 251 g/mol. The molecule has 2 aromatic rings. The molecule has 96 valence electrons. The third kappa shape index (κ3) is 2.01. The van der Waals surface area contributed by atoms with Gasteiger partial charge in [0.05, 0.1) is 6.61 Å². The maximum absolute atomic E-state index is 12.7. The highest BCUT2D eigenvalue weighted by atomic mass is 19.4. The van der Waals surface area contributed by atoms with Crippen LogP contribution < -0.4 is 0 Å². The first-order valence-corrected chi connectivity index (χ1v) is 5.02. The molecular formula is C10H8F3N3O2. The lowest BCUT2D eigenvalue weighted by atomic mass is 10.2. The van der Waals surface area contributed by atoms with E-state index in [1.54, 1.807) is 6.92 Å². The quantitative estimate of drug-likeness (QED) is 0.773. The van der Waals surface area contributed by atoms with Crippen LogP contribution in [-0.2, 0) is 10.9 Å². The largest absolute Gasteiger partial charge is 0.461 e. The van der Waals surface area contributed by atoms with Crippen LogP contribution in [-0.4, -0.2) is 27.2 Å². The van der Waals surface area contributed by atoms with E-state index in [0.29, 0.717) is 0 Å². The van der Waals surface area contributed by atoms with E-state index in [0.717, 1.165) is 22.9 Å². The van der Waals surface area contributed by atoms with E-state index in [4.69, 9.17) is 4.74 Å². The van der Waals surface area contributed by atoms with Crippen molar-refractivity contribution in [1.82, 2.24) is 14.6 Å². The van der Waals surface area contributed by atoms with Crippen molar-refractivity contribution in [2.45, 2.75) is 13.1 Å². The number of hydrogen-bond donors (Lipinski definition) is 0. The minimum absolute atomic E-state index is 0.0511. The Labute approximate surface area is 99.2 Å². The number of pyridine rings is 1. The maximum Gasteiger partial charge on any atom is 0.420 e. The fraction of sp³-hybridized carbons (Fsp3) is 0.300. The average molecular weight is 259 g/mol. The zero-order valence-corrected chi connectivity index (χ0v) is 9.23. The molecule has 0 saturated carbocycles. The number of hydrogen-bond acceptors (Lipinski definition) is 4. The van der Waals surface area contributed by atoms with E-state index in [9.17, 15) is 18.0 Å². The summed E-state index contributed by atoms with van der Waals surface area (Å²) in [7, 11) is 0. The van der Waals surface area contributed by atoms with Gasteiger partial charge >= 0.3 is 12.1 Å². The molecule has 18 heavy (non-hydrogen) atoms. The number of fused-ring (bicyclic) bond motifs is 1. The van der Waals surface area contributed by atoms with Crippen LogP contribution in [0.25, 0.3) is 5.65 Å². The van der Waals surface area contributed by atoms with Crippen LogP contribution in [0.3, 0.4) is 0 Å². The van der Waals surface area contributed by atoms with Crippen LogP contribution in [0.1, 0.15) is 23.0 Å². The predicted molar refractivity (Wildman–Crippen MR) is 53.9 cm³/mol. The minimum atomic E-state index is -4.55. The first-order valence-electron chi connectivity index (χ1n) is 5.02. The highest BCUT2D eigenvalue weighted by Crippen LogP contribution is 2.32. The molecule has 0 aliphatic carbocycles. The van der Waals surface area contributed by atoms with Gasteiger partial charge in [-0.1, -0.05) is 0 Å². The Morgan fingerprint density at radius 3 is 2.78 bits per heavy atom. The molecule has 0 unspecified atom stereocenters. The van der Waals surface area contributed by atoms with Gasteiger partial charge in [-0.2, -0.15) is 13.2 Å². The minimum Gasteiger partial charge on any atom is -0.461 e. The van der Waals surface area contributed by atoms with Gasteiger partial charge in [0.2, 0.25) is 0 Å². The second kappa shape index (κ2) is 4.28. The summed E-state index contributed by atoms with van der Waals surface area (Å²) in [6.07, 6.45) is -3.52. The summed E-state index contributed by atoms with van der Waals surface area (Å²) < 4.78 is 43.7. The van der Waals surface area contributed by atoms with Gasteiger partial charge in [-0.3, -0.25) is 4.40 Å². The summed E-state index contributed by atoms with van der Waals surface area (Å²) >= 11 is 0. The van der Waals surface area contributed by atoms with Crippen molar-refractivity contribution >= 4 is 11.6 Å². The molecule has 0 fully saturated rings. The number of halogens is 3. The highest BCUT2D eigenvalue weighted by Gasteiger charge is 2.35. The van der Waals surface area contributed by atoms with Gasteiger partial charge in [0.1, 0.15) is 17.6 Å². The number of alkyl halides is 3. The average Bonchev–Trinajstić information content (AvgIpc) is 2.74. The van der Waals surface area contributed by atoms with Crippen LogP contribution in [0.5, 0.6) is 0 Å². The van der Waals surface area contributed by atoms with E-state index in [-0.39, 0.29) is 12.3 Å². The topological polar surface area (TPSA) is 56.5 Å². The van der Waals surface area contributed by atoms with Crippen molar-refractivity contribution in [2.75, 3.05) is 6.61 Å². The third-order valence-electron chi connectivity index (χ3n) is 2.25. The lowest BCUT2D eigenvalue weighted by Crippen LogP contribution is -2.14. The zero-order chi connectivity index (χ0) is 13.3. The molecule has 2 aromatic heterocycles.